The minimum absolute atomic E-state index is 0.291. The van der Waals surface area contributed by atoms with Crippen LogP contribution in [0.4, 0.5) is 0 Å². The van der Waals surface area contributed by atoms with E-state index in [2.05, 4.69) is 16.0 Å². The first kappa shape index (κ1) is 42.1. The highest BCUT2D eigenvalue weighted by Crippen LogP contribution is 2.26. The van der Waals surface area contributed by atoms with E-state index in [1.54, 1.807) is 83.1 Å². The van der Waals surface area contributed by atoms with E-state index in [4.69, 9.17) is 9.47 Å². The van der Waals surface area contributed by atoms with Gasteiger partial charge in [0.05, 0.1) is 46.3 Å². The minimum atomic E-state index is -1.18. The Morgan fingerprint density at radius 1 is 0.462 bits per heavy atom. The van der Waals surface area contributed by atoms with Crippen LogP contribution in [-0.4, -0.2) is 152 Å². The fourth-order valence-corrected chi connectivity index (χ4v) is 6.88. The third kappa shape index (κ3) is 8.83. The summed E-state index contributed by atoms with van der Waals surface area (Å²) in [4.78, 5) is 121. The second kappa shape index (κ2) is 14.3. The minimum Gasteiger partial charge on any atom is -0.462 e. The van der Waals surface area contributed by atoms with Gasteiger partial charge in [0, 0.05) is 0 Å². The summed E-state index contributed by atoms with van der Waals surface area (Å²) in [7, 11) is 0. The van der Waals surface area contributed by atoms with Crippen molar-refractivity contribution >= 4 is 53.3 Å². The zero-order valence-corrected chi connectivity index (χ0v) is 32.2. The van der Waals surface area contributed by atoms with E-state index >= 15 is 0 Å². The van der Waals surface area contributed by atoms with E-state index < -0.39 is 119 Å². The largest absolute Gasteiger partial charge is 0.462 e. The van der Waals surface area contributed by atoms with Crippen LogP contribution in [0, 0.1) is 0 Å². The van der Waals surface area contributed by atoms with Crippen LogP contribution in [0.15, 0.2) is 0 Å². The summed E-state index contributed by atoms with van der Waals surface area (Å²) in [5.74, 6) is -6.39. The van der Waals surface area contributed by atoms with E-state index in [1.807, 2.05) is 0 Å². The van der Waals surface area contributed by atoms with Gasteiger partial charge in [0.1, 0.15) is 32.8 Å². The molecule has 0 aliphatic carbocycles. The molecule has 0 aromatic rings. The Kier molecular flexibility index (Phi) is 11.6. The first-order valence-corrected chi connectivity index (χ1v) is 17.0. The fourth-order valence-electron chi connectivity index (χ4n) is 6.88. The summed E-state index contributed by atoms with van der Waals surface area (Å²) >= 11 is 0. The average molecular weight is 736 g/mol. The van der Waals surface area contributed by atoms with Crippen LogP contribution in [0.5, 0.6) is 0 Å². The predicted molar refractivity (Wildman–Crippen MR) is 183 cm³/mol. The lowest BCUT2D eigenvalue weighted by Crippen LogP contribution is -2.73. The third-order valence-electron chi connectivity index (χ3n) is 9.02. The maximum atomic E-state index is 13.6. The number of rotatable bonds is 12. The predicted octanol–water partition coefficient (Wildman–Crippen LogP) is -1.55. The van der Waals surface area contributed by atoms with Crippen molar-refractivity contribution < 1.29 is 52.6 Å². The molecular formula is C34H53N7O11. The van der Waals surface area contributed by atoms with Gasteiger partial charge in [-0.3, -0.25) is 73.8 Å². The van der Waals surface area contributed by atoms with Gasteiger partial charge < -0.3 is 14.4 Å². The molecule has 18 heteroatoms. The number of carbonyl (C=O) groups excluding carboxylic acids is 9. The number of carbonyl (C=O) groups is 9. The number of hydrogen-bond donors (Lipinski definition) is 3. The Hall–Kier alpha value is -4.29. The Morgan fingerprint density at radius 2 is 0.692 bits per heavy atom. The number of piperazine rings is 3. The van der Waals surface area contributed by atoms with Crippen molar-refractivity contribution in [2.24, 2.45) is 0 Å². The van der Waals surface area contributed by atoms with Crippen LogP contribution in [0.2, 0.25) is 0 Å². The number of imide groups is 3. The van der Waals surface area contributed by atoms with Gasteiger partial charge in [-0.1, -0.05) is 0 Å². The fraction of sp³-hybridized carbons (Fsp3) is 0.735. The Balaban J connectivity index is 1.72. The van der Waals surface area contributed by atoms with E-state index in [0.29, 0.717) is 0 Å². The lowest BCUT2D eigenvalue weighted by molar-refractivity contribution is -0.166. The van der Waals surface area contributed by atoms with Crippen LogP contribution < -0.4 is 16.0 Å². The highest BCUT2D eigenvalue weighted by Gasteiger charge is 2.52. The topological polar surface area (TPSA) is 221 Å². The molecule has 3 aliphatic heterocycles. The molecule has 0 unspecified atom stereocenters. The second-order valence-electron chi connectivity index (χ2n) is 16.5. The van der Waals surface area contributed by atoms with Crippen LogP contribution in [0.3, 0.4) is 0 Å². The van der Waals surface area contributed by atoms with Crippen LogP contribution in [0.25, 0.3) is 0 Å². The first-order chi connectivity index (χ1) is 23.5. The van der Waals surface area contributed by atoms with Crippen LogP contribution in [-0.2, 0) is 52.6 Å². The summed E-state index contributed by atoms with van der Waals surface area (Å²) in [5, 5.41) is 8.86. The van der Waals surface area contributed by atoms with Gasteiger partial charge in [-0.15, -0.1) is 0 Å². The highest BCUT2D eigenvalue weighted by atomic mass is 16.5. The van der Waals surface area contributed by atoms with Gasteiger partial charge in [-0.05, 0) is 83.1 Å². The molecule has 0 atom stereocenters. The second-order valence-corrected chi connectivity index (χ2v) is 16.5. The summed E-state index contributed by atoms with van der Waals surface area (Å²) in [6, 6.07) is 0. The quantitative estimate of drug-likeness (QED) is 0.153. The highest BCUT2D eigenvalue weighted by molar-refractivity contribution is 6.09. The molecule has 0 aromatic carbocycles. The molecule has 0 bridgehead atoms. The smallest absolute Gasteiger partial charge is 0.326 e. The standard InChI is InChI=1S/C34H53N7O11/c1-29(2)23(45)39(24(46)30(3,4)35-29)17-20(42)38(13-15-51-21(43)18-40-25(47)31(5,6)36-32(7,8)26(40)48)14-16-52-22(44)19-41-27(49)33(9,10)37-34(11,12)28(41)50/h35-37H,13-19H2,1-12H3. The molecule has 3 aliphatic rings. The number of ether oxygens (including phenoxy) is 2. The molecule has 3 rings (SSSR count). The molecule has 3 N–H and O–H groups in total. The maximum Gasteiger partial charge on any atom is 0.326 e. The lowest BCUT2D eigenvalue weighted by atomic mass is 9.90. The van der Waals surface area contributed by atoms with Gasteiger partial charge in [-0.2, -0.15) is 0 Å². The monoisotopic (exact) mass is 735 g/mol. The van der Waals surface area contributed by atoms with Crippen molar-refractivity contribution in [2.45, 2.75) is 116 Å². The normalized spacial score (nSPS) is 23.0. The molecule has 0 radical (unpaired) electrons. The zero-order valence-electron chi connectivity index (χ0n) is 32.2. The summed E-state index contributed by atoms with van der Waals surface area (Å²) in [6.45, 7) is 15.5. The summed E-state index contributed by atoms with van der Waals surface area (Å²) < 4.78 is 10.6. The number of nitrogens with zero attached hydrogens (tertiary/aromatic N) is 4. The number of amides is 7. The van der Waals surface area contributed by atoms with Crippen LogP contribution >= 0.6 is 0 Å². The SMILES string of the molecule is CC1(C)NC(C)(C)C(=O)N(CC(=O)OCCN(CCOC(=O)CN2C(=O)C(C)(C)NC(C)(C)C2=O)C(=O)CN2C(=O)C(C)(C)NC(C)(C)C2=O)C1=O. The molecule has 3 fully saturated rings. The molecule has 0 aromatic heterocycles. The van der Waals surface area contributed by atoms with Crippen LogP contribution in [0.1, 0.15) is 83.1 Å². The van der Waals surface area contributed by atoms with Crippen molar-refractivity contribution in [3.8, 4) is 0 Å². The molecule has 3 heterocycles. The van der Waals surface area contributed by atoms with Gasteiger partial charge in [0.25, 0.3) is 0 Å². The van der Waals surface area contributed by atoms with Gasteiger partial charge in [0.2, 0.25) is 41.4 Å². The molecule has 0 saturated carbocycles. The van der Waals surface area contributed by atoms with E-state index in [9.17, 15) is 43.2 Å². The van der Waals surface area contributed by atoms with Crippen molar-refractivity contribution in [3.05, 3.63) is 0 Å². The summed E-state index contributed by atoms with van der Waals surface area (Å²) in [6.07, 6.45) is 0. The van der Waals surface area contributed by atoms with E-state index in [0.717, 1.165) is 19.6 Å². The maximum absolute atomic E-state index is 13.6. The zero-order chi connectivity index (χ0) is 40.0. The Labute approximate surface area is 303 Å². The summed E-state index contributed by atoms with van der Waals surface area (Å²) in [5.41, 5.74) is -6.93. The Morgan fingerprint density at radius 3 is 0.942 bits per heavy atom. The Bertz CT molecular complexity index is 1410. The first-order valence-electron chi connectivity index (χ1n) is 17.0. The van der Waals surface area contributed by atoms with Gasteiger partial charge >= 0.3 is 11.9 Å². The molecular weight excluding hydrogens is 682 g/mol. The van der Waals surface area contributed by atoms with Crippen molar-refractivity contribution in [1.29, 1.82) is 0 Å². The van der Waals surface area contributed by atoms with Crippen molar-refractivity contribution in [2.75, 3.05) is 45.9 Å². The number of hydrogen-bond acceptors (Lipinski definition) is 14. The van der Waals surface area contributed by atoms with Crippen molar-refractivity contribution in [3.63, 3.8) is 0 Å². The van der Waals surface area contributed by atoms with Gasteiger partial charge in [-0.25, -0.2) is 0 Å². The molecule has 7 amide bonds. The van der Waals surface area contributed by atoms with Crippen molar-refractivity contribution in [1.82, 2.24) is 35.6 Å². The molecule has 3 saturated heterocycles. The number of nitrogens with one attached hydrogen (secondary N) is 3. The lowest BCUT2D eigenvalue weighted by Gasteiger charge is -2.45. The third-order valence-corrected chi connectivity index (χ3v) is 9.02. The number of esters is 2. The van der Waals surface area contributed by atoms with E-state index in [-0.39, 0.29) is 13.1 Å². The molecule has 52 heavy (non-hydrogen) atoms. The van der Waals surface area contributed by atoms with Gasteiger partial charge in [0.15, 0.2) is 0 Å². The molecule has 290 valence electrons. The average Bonchev–Trinajstić information content (AvgIpc) is 2.98. The molecule has 18 nitrogen and oxygen atoms in total. The molecule has 0 spiro atoms. The van der Waals surface area contributed by atoms with E-state index in [1.165, 1.54) is 0 Å².